The Kier molecular flexibility index (Phi) is 5.86. The van der Waals surface area contributed by atoms with Gasteiger partial charge >= 0.3 is 6.18 Å². The smallest absolute Gasteiger partial charge is 0.378 e. The summed E-state index contributed by atoms with van der Waals surface area (Å²) in [5, 5.41) is 0. The predicted molar refractivity (Wildman–Crippen MR) is 117 cm³/mol. The summed E-state index contributed by atoms with van der Waals surface area (Å²) in [7, 11) is 0. The Morgan fingerprint density at radius 1 is 1.03 bits per heavy atom. The van der Waals surface area contributed by atoms with Crippen molar-refractivity contribution in [2.24, 2.45) is 0 Å². The van der Waals surface area contributed by atoms with Crippen LogP contribution in [0.5, 0.6) is 0 Å². The van der Waals surface area contributed by atoms with Gasteiger partial charge in [0.25, 0.3) is 5.91 Å². The van der Waals surface area contributed by atoms with Gasteiger partial charge in [-0.15, -0.1) is 0 Å². The zero-order valence-corrected chi connectivity index (χ0v) is 17.3. The molecule has 0 saturated carbocycles. The molecule has 0 spiro atoms. The van der Waals surface area contributed by atoms with Crippen LogP contribution in [-0.4, -0.2) is 36.5 Å². The highest BCUT2D eigenvalue weighted by molar-refractivity contribution is 8.27. The first-order valence-electron chi connectivity index (χ1n) is 9.21. The van der Waals surface area contributed by atoms with E-state index >= 15 is 0 Å². The zero-order chi connectivity index (χ0) is 21.3. The van der Waals surface area contributed by atoms with Gasteiger partial charge in [0.15, 0.2) is 4.32 Å². The number of rotatable bonds is 3. The van der Waals surface area contributed by atoms with Gasteiger partial charge in [-0.05, 0) is 42.0 Å². The number of halogens is 3. The van der Waals surface area contributed by atoms with Crippen LogP contribution in [-0.2, 0) is 15.7 Å². The van der Waals surface area contributed by atoms with Crippen LogP contribution in [0.4, 0.5) is 24.5 Å². The fourth-order valence-electron chi connectivity index (χ4n) is 3.27. The van der Waals surface area contributed by atoms with Crippen molar-refractivity contribution in [1.29, 1.82) is 0 Å². The molecule has 4 nitrogen and oxygen atoms in total. The van der Waals surface area contributed by atoms with Crippen molar-refractivity contribution in [3.8, 4) is 0 Å². The third-order valence-electron chi connectivity index (χ3n) is 4.79. The molecular formula is C21H17F3N2O2S2. The van der Waals surface area contributed by atoms with Gasteiger partial charge in [0.1, 0.15) is 0 Å². The fourth-order valence-corrected chi connectivity index (χ4v) is 4.56. The van der Waals surface area contributed by atoms with Gasteiger partial charge in [-0.3, -0.25) is 9.69 Å². The number of carbonyl (C=O) groups is 1. The number of alkyl halides is 3. The molecule has 0 atom stereocenters. The van der Waals surface area contributed by atoms with E-state index in [0.29, 0.717) is 18.1 Å². The summed E-state index contributed by atoms with van der Waals surface area (Å²) in [6.07, 6.45) is -2.79. The van der Waals surface area contributed by atoms with E-state index in [9.17, 15) is 18.0 Å². The molecule has 2 aromatic carbocycles. The summed E-state index contributed by atoms with van der Waals surface area (Å²) in [5.74, 6) is -0.429. The van der Waals surface area contributed by atoms with E-state index in [-0.39, 0.29) is 10.0 Å². The number of nitrogens with zero attached hydrogens (tertiary/aromatic N) is 2. The van der Waals surface area contributed by atoms with Gasteiger partial charge in [0, 0.05) is 18.8 Å². The highest BCUT2D eigenvalue weighted by atomic mass is 32.2. The molecule has 0 bridgehead atoms. The van der Waals surface area contributed by atoms with E-state index in [4.69, 9.17) is 17.0 Å². The van der Waals surface area contributed by atoms with E-state index in [1.54, 1.807) is 6.08 Å². The van der Waals surface area contributed by atoms with E-state index < -0.39 is 17.6 Å². The number of amides is 1. The van der Waals surface area contributed by atoms with Crippen LogP contribution in [0.25, 0.3) is 6.08 Å². The number of carbonyl (C=O) groups excluding carboxylic acids is 1. The Bertz CT molecular complexity index is 1000. The molecule has 4 rings (SSSR count). The molecule has 2 heterocycles. The Morgan fingerprint density at radius 3 is 2.40 bits per heavy atom. The lowest BCUT2D eigenvalue weighted by Crippen LogP contribution is -2.36. The maximum atomic E-state index is 13.0. The maximum Gasteiger partial charge on any atom is 0.416 e. The summed E-state index contributed by atoms with van der Waals surface area (Å²) in [5.41, 5.74) is 1.18. The molecule has 0 aromatic heterocycles. The second kappa shape index (κ2) is 8.41. The van der Waals surface area contributed by atoms with Crippen molar-refractivity contribution < 1.29 is 22.7 Å². The van der Waals surface area contributed by atoms with E-state index in [1.807, 2.05) is 24.3 Å². The molecule has 0 unspecified atom stereocenters. The van der Waals surface area contributed by atoms with Crippen LogP contribution in [0.3, 0.4) is 0 Å². The number of thiocarbonyl (C=S) groups is 1. The van der Waals surface area contributed by atoms with Crippen molar-refractivity contribution >= 4 is 51.7 Å². The fraction of sp³-hybridized carbons (Fsp3) is 0.238. The third-order valence-corrected chi connectivity index (χ3v) is 6.09. The highest BCUT2D eigenvalue weighted by Gasteiger charge is 2.36. The largest absolute Gasteiger partial charge is 0.416 e. The normalized spacial score (nSPS) is 19.1. The first-order chi connectivity index (χ1) is 14.3. The van der Waals surface area contributed by atoms with Gasteiger partial charge in [-0.2, -0.15) is 13.2 Å². The van der Waals surface area contributed by atoms with Crippen LogP contribution in [0.1, 0.15) is 11.1 Å². The number of hydrogen-bond donors (Lipinski definition) is 0. The molecule has 2 aliphatic heterocycles. The monoisotopic (exact) mass is 450 g/mol. The molecule has 156 valence electrons. The van der Waals surface area contributed by atoms with Gasteiger partial charge in [0.2, 0.25) is 0 Å². The topological polar surface area (TPSA) is 32.8 Å². The van der Waals surface area contributed by atoms with Crippen molar-refractivity contribution in [3.05, 3.63) is 64.6 Å². The van der Waals surface area contributed by atoms with Crippen LogP contribution >= 0.6 is 24.0 Å². The maximum absolute atomic E-state index is 13.0. The third kappa shape index (κ3) is 4.38. The standard InChI is InChI=1S/C21H17F3N2O2S2/c22-21(23,24)15-2-1-3-17(13-15)26-19(27)18(30-20(26)29)12-14-4-6-16(7-5-14)25-8-10-28-11-9-25/h1-7,12-13H,8-11H2/b18-12-. The van der Waals surface area contributed by atoms with Gasteiger partial charge in [-0.1, -0.05) is 42.2 Å². The number of ether oxygens (including phenoxy) is 1. The Balaban J connectivity index is 1.54. The summed E-state index contributed by atoms with van der Waals surface area (Å²) in [4.78, 5) is 16.6. The minimum absolute atomic E-state index is 0.110. The predicted octanol–water partition coefficient (Wildman–Crippen LogP) is 4.95. The Hall–Kier alpha value is -2.36. The molecule has 2 aliphatic rings. The molecule has 30 heavy (non-hydrogen) atoms. The van der Waals surface area contributed by atoms with Crippen molar-refractivity contribution in [1.82, 2.24) is 0 Å². The average molecular weight is 451 g/mol. The van der Waals surface area contributed by atoms with Gasteiger partial charge in [0.05, 0.1) is 29.4 Å². The lowest BCUT2D eigenvalue weighted by Gasteiger charge is -2.28. The van der Waals surface area contributed by atoms with E-state index in [2.05, 4.69) is 4.90 Å². The minimum atomic E-state index is -4.49. The minimum Gasteiger partial charge on any atom is -0.378 e. The van der Waals surface area contributed by atoms with E-state index in [1.165, 1.54) is 12.1 Å². The lowest BCUT2D eigenvalue weighted by molar-refractivity contribution is -0.137. The van der Waals surface area contributed by atoms with Crippen molar-refractivity contribution in [2.45, 2.75) is 6.18 Å². The summed E-state index contributed by atoms with van der Waals surface area (Å²) >= 11 is 6.34. The highest BCUT2D eigenvalue weighted by Crippen LogP contribution is 2.38. The second-order valence-corrected chi connectivity index (χ2v) is 8.43. The second-order valence-electron chi connectivity index (χ2n) is 6.76. The van der Waals surface area contributed by atoms with Crippen LogP contribution in [0.2, 0.25) is 0 Å². The first-order valence-corrected chi connectivity index (χ1v) is 10.4. The zero-order valence-electron chi connectivity index (χ0n) is 15.7. The quantitative estimate of drug-likeness (QED) is 0.488. The number of thioether (sulfide) groups is 1. The van der Waals surface area contributed by atoms with Gasteiger partial charge < -0.3 is 9.64 Å². The average Bonchev–Trinajstić information content (AvgIpc) is 3.01. The molecule has 2 aromatic rings. The molecule has 2 saturated heterocycles. The number of anilines is 2. The summed E-state index contributed by atoms with van der Waals surface area (Å²) in [6, 6.07) is 12.4. The SMILES string of the molecule is O=C1/C(=C/c2ccc(N3CCOCC3)cc2)SC(=S)N1c1cccc(C(F)(F)F)c1. The molecule has 0 N–H and O–H groups in total. The number of hydrogen-bond acceptors (Lipinski definition) is 5. The molecule has 2 fully saturated rings. The molecule has 0 aliphatic carbocycles. The first kappa shape index (κ1) is 20.9. The molecule has 0 radical (unpaired) electrons. The summed E-state index contributed by atoms with van der Waals surface area (Å²) < 4.78 is 44.6. The summed E-state index contributed by atoms with van der Waals surface area (Å²) in [6.45, 7) is 3.05. The molecule has 9 heteroatoms. The van der Waals surface area contributed by atoms with Crippen LogP contribution < -0.4 is 9.80 Å². The molecule has 1 amide bonds. The van der Waals surface area contributed by atoms with Crippen LogP contribution in [0.15, 0.2) is 53.4 Å². The van der Waals surface area contributed by atoms with Gasteiger partial charge in [-0.25, -0.2) is 0 Å². The Labute approximate surface area is 181 Å². The Morgan fingerprint density at radius 2 is 1.73 bits per heavy atom. The lowest BCUT2D eigenvalue weighted by atomic mass is 10.1. The molecular weight excluding hydrogens is 433 g/mol. The van der Waals surface area contributed by atoms with Crippen molar-refractivity contribution in [3.63, 3.8) is 0 Å². The van der Waals surface area contributed by atoms with Crippen LogP contribution in [0, 0.1) is 0 Å². The number of benzene rings is 2. The van der Waals surface area contributed by atoms with E-state index in [0.717, 1.165) is 53.1 Å². The number of morpholine rings is 1. The van der Waals surface area contributed by atoms with Crippen molar-refractivity contribution in [2.75, 3.05) is 36.1 Å².